The molecule has 5 aromatic rings. The van der Waals surface area contributed by atoms with Crippen molar-refractivity contribution in [2.45, 2.75) is 72.0 Å². The Bertz CT molecular complexity index is 1500. The summed E-state index contributed by atoms with van der Waals surface area (Å²) in [5.41, 5.74) is 3.34. The van der Waals surface area contributed by atoms with Gasteiger partial charge in [0.15, 0.2) is 0 Å². The summed E-state index contributed by atoms with van der Waals surface area (Å²) in [6.07, 6.45) is 0.618. The fraction of sp³-hybridized carbons (Fsp3) is 0.366. The number of hydrogen-bond acceptors (Lipinski definition) is 4. The van der Waals surface area contributed by atoms with Crippen LogP contribution >= 0.6 is 0 Å². The Balaban J connectivity index is 0.000000152. The van der Waals surface area contributed by atoms with Crippen molar-refractivity contribution in [3.05, 3.63) is 120 Å². The van der Waals surface area contributed by atoms with E-state index in [0.717, 1.165) is 24.7 Å². The van der Waals surface area contributed by atoms with E-state index in [4.69, 9.17) is 18.9 Å². The summed E-state index contributed by atoms with van der Waals surface area (Å²) in [5.74, 6) is 1.90. The molecule has 2 aliphatic rings. The second-order valence-electron chi connectivity index (χ2n) is 13.6. The molecule has 2 aliphatic heterocycles. The monoisotopic (exact) mass is 606 g/mol. The lowest BCUT2D eigenvalue weighted by Gasteiger charge is -2.23. The molecule has 4 heteroatoms. The third kappa shape index (κ3) is 10.1. The summed E-state index contributed by atoms with van der Waals surface area (Å²) in [5, 5.41) is 4.76. The molecule has 5 aromatic carbocycles. The Kier molecular flexibility index (Phi) is 11.3. The van der Waals surface area contributed by atoms with Gasteiger partial charge in [-0.3, -0.25) is 0 Å². The zero-order chi connectivity index (χ0) is 31.2. The van der Waals surface area contributed by atoms with Gasteiger partial charge < -0.3 is 18.9 Å². The molecule has 0 saturated carbocycles. The molecule has 2 heterocycles. The predicted octanol–water partition coefficient (Wildman–Crippen LogP) is 10.2. The van der Waals surface area contributed by atoms with Gasteiger partial charge in [0.05, 0.1) is 13.2 Å². The van der Waals surface area contributed by atoms with E-state index in [1.165, 1.54) is 32.7 Å². The quantitative estimate of drug-likeness (QED) is 0.180. The molecule has 2 fully saturated rings. The molecular formula is C41H50O4. The van der Waals surface area contributed by atoms with Crippen LogP contribution in [0.25, 0.3) is 21.5 Å². The fourth-order valence-corrected chi connectivity index (χ4v) is 4.81. The van der Waals surface area contributed by atoms with Crippen molar-refractivity contribution in [2.75, 3.05) is 26.4 Å². The lowest BCUT2D eigenvalue weighted by atomic mass is 9.82. The van der Waals surface area contributed by atoms with Crippen LogP contribution in [-0.4, -0.2) is 38.6 Å². The molecule has 0 aromatic heterocycles. The molecule has 0 radical (unpaired) electrons. The average molecular weight is 607 g/mol. The number of epoxide rings is 2. The van der Waals surface area contributed by atoms with Gasteiger partial charge in [-0.15, -0.1) is 0 Å². The average Bonchev–Trinajstić information content (AvgIpc) is 3.95. The molecule has 45 heavy (non-hydrogen) atoms. The van der Waals surface area contributed by atoms with Crippen LogP contribution in [0.4, 0.5) is 0 Å². The molecule has 0 amide bonds. The van der Waals surface area contributed by atoms with E-state index in [1.807, 2.05) is 48.5 Å². The molecule has 2 atom stereocenters. The highest BCUT2D eigenvalue weighted by Gasteiger charge is 2.24. The maximum Gasteiger partial charge on any atom is 0.127 e. The zero-order valence-corrected chi connectivity index (χ0v) is 27.0. The summed E-state index contributed by atoms with van der Waals surface area (Å²) in [6, 6.07) is 37.7. The predicted molar refractivity (Wildman–Crippen MR) is 189 cm³/mol. The van der Waals surface area contributed by atoms with Crippen molar-refractivity contribution in [2.24, 2.45) is 0 Å². The van der Waals surface area contributed by atoms with Gasteiger partial charge in [-0.05, 0) is 44.9 Å². The van der Waals surface area contributed by atoms with E-state index in [0.29, 0.717) is 25.4 Å². The number of rotatable bonds is 6. The Hall–Kier alpha value is -3.86. The van der Waals surface area contributed by atoms with Gasteiger partial charge in [-0.1, -0.05) is 146 Å². The highest BCUT2D eigenvalue weighted by atomic mass is 16.6. The molecule has 2 saturated heterocycles. The number of benzene rings is 5. The summed E-state index contributed by atoms with van der Waals surface area (Å²) < 4.78 is 21.7. The van der Waals surface area contributed by atoms with Crippen LogP contribution in [0.5, 0.6) is 11.5 Å². The summed E-state index contributed by atoms with van der Waals surface area (Å²) in [7, 11) is 0. The Labute approximate surface area is 270 Å². The summed E-state index contributed by atoms with van der Waals surface area (Å²) in [4.78, 5) is 0. The van der Waals surface area contributed by atoms with Crippen molar-refractivity contribution in [1.82, 2.24) is 0 Å². The number of fused-ring (bicyclic) bond motifs is 2. The fourth-order valence-electron chi connectivity index (χ4n) is 4.81. The number of ether oxygens (including phenoxy) is 4. The van der Waals surface area contributed by atoms with Crippen LogP contribution in [0.1, 0.15) is 60.1 Å². The van der Waals surface area contributed by atoms with E-state index in [1.54, 1.807) is 0 Å². The third-order valence-electron chi connectivity index (χ3n) is 7.77. The Morgan fingerprint density at radius 2 is 0.844 bits per heavy atom. The first-order valence-electron chi connectivity index (χ1n) is 15.6. The van der Waals surface area contributed by atoms with E-state index >= 15 is 0 Å². The van der Waals surface area contributed by atoms with Crippen LogP contribution in [-0.2, 0) is 20.3 Å². The van der Waals surface area contributed by atoms with Crippen molar-refractivity contribution < 1.29 is 18.9 Å². The minimum atomic E-state index is 0. The maximum absolute atomic E-state index is 5.72. The van der Waals surface area contributed by atoms with Gasteiger partial charge in [-0.25, -0.2) is 0 Å². The van der Waals surface area contributed by atoms with Crippen molar-refractivity contribution in [1.29, 1.82) is 0 Å². The van der Waals surface area contributed by atoms with E-state index in [9.17, 15) is 0 Å². The second-order valence-corrected chi connectivity index (χ2v) is 13.6. The first-order chi connectivity index (χ1) is 21.1. The van der Waals surface area contributed by atoms with Gasteiger partial charge in [-0.2, -0.15) is 0 Å². The SMILES string of the molecule is C.CC(C)(C)c1ccc(C(C)(C)C)cc1.c1ccc2c(OCC3CO3)cccc2c1.c1ccc2c(OCC3CO3)cccc2c1. The lowest BCUT2D eigenvalue weighted by molar-refractivity contribution is 0.265. The van der Waals surface area contributed by atoms with Crippen LogP contribution in [0.3, 0.4) is 0 Å². The van der Waals surface area contributed by atoms with Crippen molar-refractivity contribution in [3.63, 3.8) is 0 Å². The molecular weight excluding hydrogens is 556 g/mol. The zero-order valence-electron chi connectivity index (χ0n) is 27.0. The van der Waals surface area contributed by atoms with Crippen LogP contribution in [0.15, 0.2) is 109 Å². The minimum absolute atomic E-state index is 0. The normalized spacial score (nSPS) is 16.8. The van der Waals surface area contributed by atoms with E-state index < -0.39 is 0 Å². The summed E-state index contributed by atoms with van der Waals surface area (Å²) in [6.45, 7) is 16.5. The molecule has 238 valence electrons. The van der Waals surface area contributed by atoms with Gasteiger partial charge in [0.2, 0.25) is 0 Å². The molecule has 2 unspecified atom stereocenters. The van der Waals surface area contributed by atoms with Gasteiger partial charge >= 0.3 is 0 Å². The third-order valence-corrected chi connectivity index (χ3v) is 7.77. The smallest absolute Gasteiger partial charge is 0.127 e. The molecule has 4 nitrogen and oxygen atoms in total. The van der Waals surface area contributed by atoms with Crippen LogP contribution in [0, 0.1) is 0 Å². The van der Waals surface area contributed by atoms with Gasteiger partial charge in [0.1, 0.15) is 36.9 Å². The standard InChI is InChI=1S/C14H22.2C13H12O2.CH4/c1-13(2,3)11-7-9-12(10-8-11)14(4,5)6;2*1-2-6-12-10(4-1)5-3-7-13(12)15-9-11-8-14-11;/h7-10H,1-6H3;2*1-7,11H,8-9H2;1H4. The Morgan fingerprint density at radius 3 is 1.18 bits per heavy atom. The molecule has 0 aliphatic carbocycles. The largest absolute Gasteiger partial charge is 0.490 e. The summed E-state index contributed by atoms with van der Waals surface area (Å²) >= 11 is 0. The number of hydrogen-bond donors (Lipinski definition) is 0. The lowest BCUT2D eigenvalue weighted by Crippen LogP contribution is -2.14. The van der Waals surface area contributed by atoms with Crippen molar-refractivity contribution >= 4 is 21.5 Å². The van der Waals surface area contributed by atoms with Gasteiger partial charge in [0, 0.05) is 10.8 Å². The van der Waals surface area contributed by atoms with Crippen LogP contribution < -0.4 is 9.47 Å². The molecule has 0 N–H and O–H groups in total. The first kappa shape index (κ1) is 34.0. The minimum Gasteiger partial charge on any atom is -0.490 e. The first-order valence-corrected chi connectivity index (χ1v) is 15.6. The van der Waals surface area contributed by atoms with Crippen molar-refractivity contribution in [3.8, 4) is 11.5 Å². The topological polar surface area (TPSA) is 43.5 Å². The maximum atomic E-state index is 5.72. The van der Waals surface area contributed by atoms with Crippen LogP contribution in [0.2, 0.25) is 0 Å². The van der Waals surface area contributed by atoms with E-state index in [2.05, 4.69) is 102 Å². The molecule has 0 spiro atoms. The Morgan fingerprint density at radius 1 is 0.511 bits per heavy atom. The second kappa shape index (κ2) is 14.9. The molecule has 7 rings (SSSR count). The van der Waals surface area contributed by atoms with E-state index in [-0.39, 0.29) is 18.3 Å². The molecule has 0 bridgehead atoms. The highest BCUT2D eigenvalue weighted by Crippen LogP contribution is 2.28. The highest BCUT2D eigenvalue weighted by molar-refractivity contribution is 5.88. The van der Waals surface area contributed by atoms with Gasteiger partial charge in [0.25, 0.3) is 0 Å².